The van der Waals surface area contributed by atoms with Gasteiger partial charge < -0.3 is 4.74 Å². The van der Waals surface area contributed by atoms with E-state index in [9.17, 15) is 9.18 Å². The van der Waals surface area contributed by atoms with Crippen LogP contribution in [0.25, 0.3) is 0 Å². The lowest BCUT2D eigenvalue weighted by molar-refractivity contribution is 0.0231. The molecule has 4 nitrogen and oxygen atoms in total. The van der Waals surface area contributed by atoms with Crippen LogP contribution >= 0.6 is 35.1 Å². The molecule has 1 unspecified atom stereocenters. The molecule has 1 aliphatic carbocycles. The van der Waals surface area contributed by atoms with Crippen molar-refractivity contribution in [1.82, 2.24) is 9.62 Å². The minimum atomic E-state index is -0.546. The molecule has 2 aliphatic rings. The number of nitrogens with one attached hydrogen (secondary N) is 1. The SMILES string of the molecule is CCC(c1cc(Cl)cc(Cl)c1)N1CC(COc2cc(F)c(C(=O)NSC)cc2C2CC2)C1. The molecule has 1 amide bonds. The Morgan fingerprint density at radius 3 is 2.50 bits per heavy atom. The van der Waals surface area contributed by atoms with Crippen LogP contribution in [0.2, 0.25) is 10.0 Å². The topological polar surface area (TPSA) is 41.6 Å². The number of likely N-dealkylation sites (tertiary alicyclic amines) is 1. The number of carbonyl (C=O) groups is 1. The molecule has 0 bridgehead atoms. The van der Waals surface area contributed by atoms with Crippen LogP contribution in [0, 0.1) is 11.7 Å². The number of rotatable bonds is 9. The summed E-state index contributed by atoms with van der Waals surface area (Å²) in [5, 5.41) is 1.30. The summed E-state index contributed by atoms with van der Waals surface area (Å²) in [7, 11) is 0. The van der Waals surface area contributed by atoms with Crippen LogP contribution in [-0.4, -0.2) is 36.8 Å². The minimum absolute atomic E-state index is 0.0781. The third kappa shape index (κ3) is 5.36. The van der Waals surface area contributed by atoms with Gasteiger partial charge in [-0.25, -0.2) is 4.39 Å². The van der Waals surface area contributed by atoms with Gasteiger partial charge in [-0.05, 0) is 60.6 Å². The zero-order valence-corrected chi connectivity index (χ0v) is 20.5. The Bertz CT molecular complexity index is 976. The van der Waals surface area contributed by atoms with E-state index < -0.39 is 11.7 Å². The fraction of sp³-hybridized carbons (Fsp3) is 0.458. The van der Waals surface area contributed by atoms with Gasteiger partial charge in [0, 0.05) is 47.4 Å². The van der Waals surface area contributed by atoms with Crippen molar-refractivity contribution in [2.45, 2.75) is 38.1 Å². The number of ether oxygens (including phenoxy) is 1. The second-order valence-electron chi connectivity index (χ2n) is 8.54. The van der Waals surface area contributed by atoms with Gasteiger partial charge in [0.1, 0.15) is 11.6 Å². The van der Waals surface area contributed by atoms with Gasteiger partial charge in [-0.2, -0.15) is 0 Å². The molecule has 1 atom stereocenters. The highest BCUT2D eigenvalue weighted by Crippen LogP contribution is 2.45. The molecule has 1 N–H and O–H groups in total. The Morgan fingerprint density at radius 2 is 1.91 bits per heavy atom. The first-order valence-corrected chi connectivity index (χ1v) is 12.9. The van der Waals surface area contributed by atoms with Gasteiger partial charge in [0.2, 0.25) is 0 Å². The average Bonchev–Trinajstić information content (AvgIpc) is 3.54. The van der Waals surface area contributed by atoms with Crippen molar-refractivity contribution < 1.29 is 13.9 Å². The molecule has 8 heteroatoms. The molecular weight excluding hydrogens is 470 g/mol. The van der Waals surface area contributed by atoms with Crippen LogP contribution in [-0.2, 0) is 0 Å². The third-order valence-corrected chi connectivity index (χ3v) is 6.94. The van der Waals surface area contributed by atoms with Crippen LogP contribution < -0.4 is 9.46 Å². The highest BCUT2D eigenvalue weighted by Gasteiger charge is 2.34. The van der Waals surface area contributed by atoms with Crippen LogP contribution in [0.4, 0.5) is 4.39 Å². The molecule has 2 aromatic rings. The van der Waals surface area contributed by atoms with Crippen molar-refractivity contribution in [1.29, 1.82) is 0 Å². The fourth-order valence-electron chi connectivity index (χ4n) is 4.38. The molecule has 0 aromatic heterocycles. The maximum Gasteiger partial charge on any atom is 0.264 e. The second kappa shape index (κ2) is 10.2. The summed E-state index contributed by atoms with van der Waals surface area (Å²) >= 11 is 13.5. The normalized spacial score (nSPS) is 17.7. The first-order chi connectivity index (χ1) is 15.4. The second-order valence-corrected chi connectivity index (χ2v) is 10.0. The van der Waals surface area contributed by atoms with Gasteiger partial charge in [0.15, 0.2) is 0 Å². The molecule has 4 rings (SSSR count). The van der Waals surface area contributed by atoms with E-state index in [-0.39, 0.29) is 11.6 Å². The highest BCUT2D eigenvalue weighted by molar-refractivity contribution is 7.97. The number of halogens is 3. The van der Waals surface area contributed by atoms with Crippen LogP contribution in [0.3, 0.4) is 0 Å². The highest BCUT2D eigenvalue weighted by atomic mass is 35.5. The summed E-state index contributed by atoms with van der Waals surface area (Å²) < 4.78 is 23.3. The molecule has 172 valence electrons. The van der Waals surface area contributed by atoms with E-state index >= 15 is 0 Å². The minimum Gasteiger partial charge on any atom is -0.493 e. The Hall–Kier alpha value is -1.47. The first kappa shape index (κ1) is 23.7. The Morgan fingerprint density at radius 1 is 1.22 bits per heavy atom. The van der Waals surface area contributed by atoms with Crippen LogP contribution in [0.1, 0.15) is 59.6 Å². The van der Waals surface area contributed by atoms with Crippen molar-refractivity contribution in [3.05, 3.63) is 62.9 Å². The Kier molecular flexibility index (Phi) is 7.55. The molecule has 32 heavy (non-hydrogen) atoms. The summed E-state index contributed by atoms with van der Waals surface area (Å²) in [5.74, 6) is 0.326. The Balaban J connectivity index is 1.39. The maximum atomic E-state index is 14.6. The molecule has 1 aliphatic heterocycles. The lowest BCUT2D eigenvalue weighted by Crippen LogP contribution is -2.50. The summed E-state index contributed by atoms with van der Waals surface area (Å²) in [6.07, 6.45) is 4.79. The molecule has 1 saturated heterocycles. The van der Waals surface area contributed by atoms with Crippen LogP contribution in [0.15, 0.2) is 30.3 Å². The zero-order valence-electron chi connectivity index (χ0n) is 18.2. The molecule has 0 spiro atoms. The van der Waals surface area contributed by atoms with E-state index in [1.54, 1.807) is 18.4 Å². The monoisotopic (exact) mass is 496 g/mol. The standard InChI is InChI=1S/C24H27Cl2FN2O2S/c1-3-22(16-6-17(25)8-18(26)7-16)29-11-14(12-29)13-31-23-10-21(27)20(24(30)28-32-2)9-19(23)15-4-5-15/h6-10,14-15,22H,3-5,11-13H2,1-2H3,(H,28,30). The number of hydrogen-bond donors (Lipinski definition) is 1. The van der Waals surface area contributed by atoms with Gasteiger partial charge in [-0.1, -0.05) is 42.1 Å². The van der Waals surface area contributed by atoms with Crippen molar-refractivity contribution in [2.75, 3.05) is 26.0 Å². The molecule has 1 heterocycles. The molecule has 2 aromatic carbocycles. The summed E-state index contributed by atoms with van der Waals surface area (Å²) in [4.78, 5) is 14.5. The summed E-state index contributed by atoms with van der Waals surface area (Å²) in [6, 6.07) is 9.00. The predicted molar refractivity (Wildman–Crippen MR) is 129 cm³/mol. The van der Waals surface area contributed by atoms with Crippen molar-refractivity contribution in [2.24, 2.45) is 5.92 Å². The number of carbonyl (C=O) groups excluding carboxylic acids is 1. The largest absolute Gasteiger partial charge is 0.493 e. The molecule has 1 saturated carbocycles. The summed E-state index contributed by atoms with van der Waals surface area (Å²) in [6.45, 7) is 4.48. The predicted octanol–water partition coefficient (Wildman–Crippen LogP) is 6.48. The van der Waals surface area contributed by atoms with Gasteiger partial charge in [-0.15, -0.1) is 0 Å². The molecule has 2 fully saturated rings. The average molecular weight is 497 g/mol. The van der Waals surface area contributed by atoms with E-state index in [1.165, 1.54) is 6.07 Å². The third-order valence-electron chi connectivity index (χ3n) is 6.11. The fourth-order valence-corrected chi connectivity index (χ4v) is 5.22. The summed E-state index contributed by atoms with van der Waals surface area (Å²) in [5.41, 5.74) is 2.14. The van der Waals surface area contributed by atoms with E-state index in [0.29, 0.717) is 34.2 Å². The van der Waals surface area contributed by atoms with Gasteiger partial charge in [0.05, 0.1) is 12.2 Å². The van der Waals surface area contributed by atoms with Crippen molar-refractivity contribution >= 4 is 41.1 Å². The molecular formula is C24H27Cl2FN2O2S. The molecule has 0 radical (unpaired) electrons. The van der Waals surface area contributed by atoms with E-state index in [4.69, 9.17) is 27.9 Å². The van der Waals surface area contributed by atoms with Gasteiger partial charge >= 0.3 is 0 Å². The van der Waals surface area contributed by atoms with Crippen molar-refractivity contribution in [3.63, 3.8) is 0 Å². The maximum absolute atomic E-state index is 14.6. The van der Waals surface area contributed by atoms with Gasteiger partial charge in [-0.3, -0.25) is 14.4 Å². The lowest BCUT2D eigenvalue weighted by Gasteiger charge is -2.44. The van der Waals surface area contributed by atoms with Crippen LogP contribution in [0.5, 0.6) is 5.75 Å². The smallest absolute Gasteiger partial charge is 0.264 e. The van der Waals surface area contributed by atoms with E-state index in [2.05, 4.69) is 16.5 Å². The number of hydrogen-bond acceptors (Lipinski definition) is 4. The van der Waals surface area contributed by atoms with E-state index in [0.717, 1.165) is 55.4 Å². The van der Waals surface area contributed by atoms with Crippen molar-refractivity contribution in [3.8, 4) is 5.75 Å². The Labute approximate surface area is 202 Å². The quantitative estimate of drug-likeness (QED) is 0.403. The van der Waals surface area contributed by atoms with Gasteiger partial charge in [0.25, 0.3) is 5.91 Å². The number of nitrogens with zero attached hydrogens (tertiary/aromatic N) is 1. The number of amides is 1. The van der Waals surface area contributed by atoms with E-state index in [1.807, 2.05) is 12.1 Å². The zero-order chi connectivity index (χ0) is 22.8. The number of benzene rings is 2. The first-order valence-electron chi connectivity index (χ1n) is 10.9. The lowest BCUT2D eigenvalue weighted by atomic mass is 9.93.